The van der Waals surface area contributed by atoms with E-state index in [4.69, 9.17) is 14.2 Å². The first kappa shape index (κ1) is 18.0. The topological polar surface area (TPSA) is 90.2 Å². The lowest BCUT2D eigenvalue weighted by atomic mass is 9.86. The molecule has 1 aliphatic heterocycles. The van der Waals surface area contributed by atoms with E-state index in [1.54, 1.807) is 26.8 Å². The zero-order valence-corrected chi connectivity index (χ0v) is 13.8. The van der Waals surface area contributed by atoms with Gasteiger partial charge in [0.1, 0.15) is 5.60 Å². The van der Waals surface area contributed by atoms with Crippen molar-refractivity contribution in [2.45, 2.75) is 58.5 Å². The van der Waals surface area contributed by atoms with E-state index in [0.29, 0.717) is 12.3 Å². The molecule has 1 fully saturated rings. The molecule has 1 unspecified atom stereocenters. The van der Waals surface area contributed by atoms with Crippen molar-refractivity contribution >= 4 is 18.8 Å². The Morgan fingerprint density at radius 2 is 2.13 bits per heavy atom. The van der Waals surface area contributed by atoms with Crippen LogP contribution in [0.1, 0.15) is 45.7 Å². The lowest BCUT2D eigenvalue weighted by molar-refractivity contribution is -0.169. The van der Waals surface area contributed by atoms with E-state index in [2.05, 4.69) is 0 Å². The van der Waals surface area contributed by atoms with Crippen LogP contribution in [0.5, 0.6) is 0 Å². The molecule has 0 saturated carbocycles. The molecule has 2 N–H and O–H groups in total. The van der Waals surface area contributed by atoms with E-state index < -0.39 is 18.8 Å². The van der Waals surface area contributed by atoms with Crippen LogP contribution in [0.2, 0.25) is 0 Å². The van der Waals surface area contributed by atoms with Gasteiger partial charge in [0, 0.05) is 6.61 Å². The van der Waals surface area contributed by atoms with Gasteiger partial charge in [0.2, 0.25) is 0 Å². The van der Waals surface area contributed by atoms with Crippen LogP contribution in [0, 0.1) is 0 Å². The average Bonchev–Trinajstić information content (AvgIpc) is 2.88. The maximum absolute atomic E-state index is 12.4. The standard InChI is InChI=1S/C15H24BNO6/c1-15(2,3)23-14(18)17-11(7-8-12(17)16(19)20)10-22-13-6-4-5-9-21-13/h7-8,13,19-20H,4-6,9-10H2,1-3H3. The van der Waals surface area contributed by atoms with Crippen molar-refractivity contribution in [3.8, 4) is 0 Å². The summed E-state index contributed by atoms with van der Waals surface area (Å²) in [7, 11) is -1.78. The van der Waals surface area contributed by atoms with E-state index in [1.807, 2.05) is 0 Å². The number of rotatable bonds is 4. The highest BCUT2D eigenvalue weighted by atomic mass is 16.7. The molecule has 0 aromatic carbocycles. The minimum atomic E-state index is -1.78. The predicted molar refractivity (Wildman–Crippen MR) is 84.3 cm³/mol. The third-order valence-electron chi connectivity index (χ3n) is 3.39. The Hall–Kier alpha value is -1.35. The molecule has 0 bridgehead atoms. The largest absolute Gasteiger partial charge is 0.506 e. The van der Waals surface area contributed by atoms with Crippen molar-refractivity contribution in [1.82, 2.24) is 4.57 Å². The first-order valence-corrected chi connectivity index (χ1v) is 7.81. The Labute approximate surface area is 136 Å². The van der Waals surface area contributed by atoms with Gasteiger partial charge >= 0.3 is 13.2 Å². The van der Waals surface area contributed by atoms with E-state index in [0.717, 1.165) is 23.8 Å². The molecule has 0 amide bonds. The Balaban J connectivity index is 2.13. The highest BCUT2D eigenvalue weighted by molar-refractivity contribution is 6.58. The SMILES string of the molecule is CC(C)(C)OC(=O)n1c(COC2CCCCO2)ccc1B(O)O. The molecule has 1 saturated heterocycles. The molecule has 23 heavy (non-hydrogen) atoms. The lowest BCUT2D eigenvalue weighted by Crippen LogP contribution is -2.42. The average molecular weight is 325 g/mol. The van der Waals surface area contributed by atoms with Crippen molar-refractivity contribution in [3.63, 3.8) is 0 Å². The summed E-state index contributed by atoms with van der Waals surface area (Å²) in [5.41, 5.74) is -0.164. The van der Waals surface area contributed by atoms with Gasteiger partial charge in [0.05, 0.1) is 17.9 Å². The van der Waals surface area contributed by atoms with Gasteiger partial charge in [0.15, 0.2) is 6.29 Å². The van der Waals surface area contributed by atoms with Gasteiger partial charge < -0.3 is 24.3 Å². The number of nitrogens with zero attached hydrogens (tertiary/aromatic N) is 1. The summed E-state index contributed by atoms with van der Waals surface area (Å²) in [6, 6.07) is 3.08. The van der Waals surface area contributed by atoms with Crippen LogP contribution in [0.15, 0.2) is 12.1 Å². The number of carbonyl (C=O) groups is 1. The Morgan fingerprint density at radius 3 is 2.70 bits per heavy atom. The maximum atomic E-state index is 12.4. The first-order chi connectivity index (χ1) is 10.8. The van der Waals surface area contributed by atoms with E-state index in [1.165, 1.54) is 6.07 Å². The smallest absolute Gasteiger partial charge is 0.443 e. The second-order valence-electron chi connectivity index (χ2n) is 6.55. The molecule has 0 radical (unpaired) electrons. The van der Waals surface area contributed by atoms with Gasteiger partial charge in [-0.15, -0.1) is 0 Å². The molecule has 1 aromatic rings. The van der Waals surface area contributed by atoms with Crippen LogP contribution in [-0.4, -0.2) is 46.3 Å². The molecule has 0 spiro atoms. The predicted octanol–water partition coefficient (Wildman–Crippen LogP) is 0.994. The number of hydrogen-bond acceptors (Lipinski definition) is 6. The second kappa shape index (κ2) is 7.48. The molecule has 1 atom stereocenters. The third-order valence-corrected chi connectivity index (χ3v) is 3.39. The van der Waals surface area contributed by atoms with Gasteiger partial charge in [-0.05, 0) is 52.2 Å². The summed E-state index contributed by atoms with van der Waals surface area (Å²) in [6.45, 7) is 6.02. The molecule has 128 valence electrons. The highest BCUT2D eigenvalue weighted by Crippen LogP contribution is 2.17. The number of aromatic nitrogens is 1. The number of ether oxygens (including phenoxy) is 3. The van der Waals surface area contributed by atoms with E-state index >= 15 is 0 Å². The normalized spacial score (nSPS) is 18.7. The Kier molecular flexibility index (Phi) is 5.86. The Morgan fingerprint density at radius 1 is 1.39 bits per heavy atom. The minimum Gasteiger partial charge on any atom is -0.443 e. The number of carbonyl (C=O) groups excluding carboxylic acids is 1. The summed E-state index contributed by atoms with van der Waals surface area (Å²) in [5.74, 6) is 0. The van der Waals surface area contributed by atoms with Crippen LogP contribution in [0.4, 0.5) is 4.79 Å². The van der Waals surface area contributed by atoms with Gasteiger partial charge in [0.25, 0.3) is 0 Å². The quantitative estimate of drug-likeness (QED) is 0.803. The molecule has 0 aliphatic carbocycles. The summed E-state index contributed by atoms with van der Waals surface area (Å²) in [4.78, 5) is 12.4. The molecule has 2 heterocycles. The Bertz CT molecular complexity index is 531. The van der Waals surface area contributed by atoms with Crippen molar-refractivity contribution in [2.75, 3.05) is 6.61 Å². The zero-order chi connectivity index (χ0) is 17.0. The molecule has 2 rings (SSSR count). The van der Waals surface area contributed by atoms with Crippen LogP contribution in [-0.2, 0) is 20.8 Å². The van der Waals surface area contributed by atoms with Crippen molar-refractivity contribution in [2.24, 2.45) is 0 Å². The molecular weight excluding hydrogens is 301 g/mol. The second-order valence-corrected chi connectivity index (χ2v) is 6.55. The fourth-order valence-corrected chi connectivity index (χ4v) is 2.36. The van der Waals surface area contributed by atoms with E-state index in [-0.39, 0.29) is 18.5 Å². The van der Waals surface area contributed by atoms with Gasteiger partial charge in [-0.2, -0.15) is 0 Å². The van der Waals surface area contributed by atoms with Crippen LogP contribution in [0.25, 0.3) is 0 Å². The van der Waals surface area contributed by atoms with Crippen LogP contribution >= 0.6 is 0 Å². The summed E-state index contributed by atoms with van der Waals surface area (Å²) < 4.78 is 17.6. The molecule has 1 aliphatic rings. The summed E-state index contributed by atoms with van der Waals surface area (Å²) in [6.07, 6.45) is 1.90. The van der Waals surface area contributed by atoms with Gasteiger partial charge in [-0.3, -0.25) is 4.57 Å². The summed E-state index contributed by atoms with van der Waals surface area (Å²) in [5, 5.41) is 18.9. The lowest BCUT2D eigenvalue weighted by Gasteiger charge is -2.24. The van der Waals surface area contributed by atoms with E-state index in [9.17, 15) is 14.8 Å². The van der Waals surface area contributed by atoms with Gasteiger partial charge in [-0.1, -0.05) is 0 Å². The molecular formula is C15H24BNO6. The number of hydrogen-bond donors (Lipinski definition) is 2. The third kappa shape index (κ3) is 5.07. The molecule has 7 nitrogen and oxygen atoms in total. The first-order valence-electron chi connectivity index (χ1n) is 7.81. The fourth-order valence-electron chi connectivity index (χ4n) is 2.36. The molecule has 1 aromatic heterocycles. The van der Waals surface area contributed by atoms with Crippen LogP contribution in [0.3, 0.4) is 0 Å². The molecule has 8 heteroatoms. The van der Waals surface area contributed by atoms with Crippen molar-refractivity contribution in [3.05, 3.63) is 17.8 Å². The monoisotopic (exact) mass is 325 g/mol. The van der Waals surface area contributed by atoms with Crippen molar-refractivity contribution in [1.29, 1.82) is 0 Å². The van der Waals surface area contributed by atoms with Gasteiger partial charge in [-0.25, -0.2) is 4.79 Å². The maximum Gasteiger partial charge on any atom is 0.506 e. The fraction of sp³-hybridized carbons (Fsp3) is 0.667. The van der Waals surface area contributed by atoms with Crippen molar-refractivity contribution < 1.29 is 29.1 Å². The highest BCUT2D eigenvalue weighted by Gasteiger charge is 2.27. The van der Waals surface area contributed by atoms with Crippen LogP contribution < -0.4 is 5.59 Å². The minimum absolute atomic E-state index is 0.0439. The zero-order valence-electron chi connectivity index (χ0n) is 13.8. The summed E-state index contributed by atoms with van der Waals surface area (Å²) >= 11 is 0.